The molecule has 2 amide bonds. The molecule has 2 atom stereocenters. The molecule has 1 aromatic carbocycles. The largest absolute Gasteiger partial charge is 0.465 e. The molecule has 4 rings (SSSR count). The molecule has 0 spiro atoms. The van der Waals surface area contributed by atoms with E-state index in [-0.39, 0.29) is 6.04 Å². The van der Waals surface area contributed by atoms with E-state index in [1.165, 1.54) is 11.0 Å². The highest BCUT2D eigenvalue weighted by molar-refractivity contribution is 5.91. The van der Waals surface area contributed by atoms with Crippen LogP contribution in [0, 0.1) is 0 Å². The molecule has 2 saturated heterocycles. The van der Waals surface area contributed by atoms with Gasteiger partial charge in [0.15, 0.2) is 6.29 Å². The second-order valence-corrected chi connectivity index (χ2v) is 9.91. The Morgan fingerprint density at radius 3 is 2.59 bits per heavy atom. The number of hydrogen-bond acceptors (Lipinski definition) is 7. The molecular weight excluding hydrogens is 498 g/mol. The van der Waals surface area contributed by atoms with E-state index in [2.05, 4.69) is 56.7 Å². The van der Waals surface area contributed by atoms with Gasteiger partial charge in [0.1, 0.15) is 5.82 Å². The Labute approximate surface area is 229 Å². The number of anilines is 2. The zero-order valence-corrected chi connectivity index (χ0v) is 22.5. The zero-order chi connectivity index (χ0) is 27.6. The molecule has 1 aromatic heterocycles. The van der Waals surface area contributed by atoms with E-state index in [0.717, 1.165) is 50.0 Å². The average Bonchev–Trinajstić information content (AvgIpc) is 3.40. The minimum absolute atomic E-state index is 0.186. The summed E-state index contributed by atoms with van der Waals surface area (Å²) in [6, 6.07) is 11.6. The highest BCUT2D eigenvalue weighted by Crippen LogP contribution is 2.23. The van der Waals surface area contributed by atoms with Crippen LogP contribution in [0.1, 0.15) is 36.8 Å². The molecule has 0 radical (unpaired) electrons. The van der Waals surface area contributed by atoms with Gasteiger partial charge in [-0.3, -0.25) is 14.6 Å². The van der Waals surface area contributed by atoms with Crippen molar-refractivity contribution in [2.24, 2.45) is 0 Å². The van der Waals surface area contributed by atoms with Crippen LogP contribution >= 0.6 is 0 Å². The first kappa shape index (κ1) is 28.3. The smallest absolute Gasteiger partial charge is 0.413 e. The molecule has 0 saturated carbocycles. The van der Waals surface area contributed by atoms with Crippen molar-refractivity contribution in [3.63, 3.8) is 0 Å². The van der Waals surface area contributed by atoms with Crippen molar-refractivity contribution < 1.29 is 24.3 Å². The van der Waals surface area contributed by atoms with Crippen LogP contribution in [0.3, 0.4) is 0 Å². The highest BCUT2D eigenvalue weighted by atomic mass is 16.8. The molecule has 2 aromatic rings. The van der Waals surface area contributed by atoms with Crippen molar-refractivity contribution in [3.05, 3.63) is 65.9 Å². The molecular formula is C29H37N5O5. The van der Waals surface area contributed by atoms with Crippen LogP contribution in [0.25, 0.3) is 12.2 Å². The van der Waals surface area contributed by atoms with Crippen LogP contribution in [0.4, 0.5) is 16.3 Å². The quantitative estimate of drug-likeness (QED) is 0.347. The second kappa shape index (κ2) is 13.9. The van der Waals surface area contributed by atoms with Crippen molar-refractivity contribution in [3.8, 4) is 0 Å². The molecule has 208 valence electrons. The lowest BCUT2D eigenvalue weighted by atomic mass is 10.2. The van der Waals surface area contributed by atoms with E-state index in [1.807, 2.05) is 14.1 Å². The number of benzene rings is 1. The number of pyridine rings is 1. The Bertz CT molecular complexity index is 1140. The number of carbonyl (C=O) groups is 2. The summed E-state index contributed by atoms with van der Waals surface area (Å²) in [7, 11) is 4.03. The van der Waals surface area contributed by atoms with Gasteiger partial charge in [-0.2, -0.15) is 0 Å². The van der Waals surface area contributed by atoms with Crippen LogP contribution < -0.4 is 15.3 Å². The summed E-state index contributed by atoms with van der Waals surface area (Å²) in [4.78, 5) is 39.4. The fourth-order valence-electron chi connectivity index (χ4n) is 4.62. The van der Waals surface area contributed by atoms with Crippen molar-refractivity contribution in [1.82, 2.24) is 15.4 Å². The maximum absolute atomic E-state index is 12.1. The number of hydroxylamine groups is 1. The molecule has 1 unspecified atom stereocenters. The van der Waals surface area contributed by atoms with Gasteiger partial charge in [0, 0.05) is 64.7 Å². The van der Waals surface area contributed by atoms with Gasteiger partial charge < -0.3 is 14.7 Å². The van der Waals surface area contributed by atoms with Gasteiger partial charge in [0.25, 0.3) is 5.91 Å². The van der Waals surface area contributed by atoms with E-state index in [0.29, 0.717) is 24.5 Å². The van der Waals surface area contributed by atoms with Gasteiger partial charge in [0.2, 0.25) is 0 Å². The monoisotopic (exact) mass is 535 g/mol. The summed E-state index contributed by atoms with van der Waals surface area (Å²) in [6.07, 6.45) is 10.7. The lowest BCUT2D eigenvalue weighted by molar-refractivity contribution is -0.198. The molecule has 10 heteroatoms. The maximum Gasteiger partial charge on any atom is 0.413 e. The van der Waals surface area contributed by atoms with Crippen molar-refractivity contribution in [2.75, 3.05) is 50.1 Å². The van der Waals surface area contributed by atoms with Crippen LogP contribution in [0.2, 0.25) is 0 Å². The number of nitrogens with zero attached hydrogens (tertiary/aromatic N) is 4. The molecule has 0 aliphatic carbocycles. The Hall–Kier alpha value is -3.73. The summed E-state index contributed by atoms with van der Waals surface area (Å²) in [5.74, 6) is -0.0451. The summed E-state index contributed by atoms with van der Waals surface area (Å²) in [6.45, 7) is 2.81. The predicted octanol–water partition coefficient (Wildman–Crippen LogP) is 4.01. The molecule has 39 heavy (non-hydrogen) atoms. The molecule has 2 aliphatic rings. The van der Waals surface area contributed by atoms with Gasteiger partial charge >= 0.3 is 6.09 Å². The maximum atomic E-state index is 12.1. The summed E-state index contributed by atoms with van der Waals surface area (Å²) in [5.41, 5.74) is 5.33. The number of ether oxygens (including phenoxy) is 1. The summed E-state index contributed by atoms with van der Waals surface area (Å²) in [5, 5.41) is 9.93. The third-order valence-corrected chi connectivity index (χ3v) is 6.78. The lowest BCUT2D eigenvalue weighted by Gasteiger charge is -2.25. The minimum atomic E-state index is -1.03. The van der Waals surface area contributed by atoms with Crippen molar-refractivity contribution in [2.45, 2.75) is 38.0 Å². The standard InChI is InChI=1S/C29H37N5O5/c1-32(2)24-12-8-22(9-13-24)6-5-17-33-18-16-25(21-33)34(29(36)37)26-14-10-23(20-30-26)11-15-27(35)31-39-28-7-3-4-19-38-28/h5-6,8-15,20,25,28H,3-4,7,16-19,21H2,1-2H3,(H,31,35)(H,36,37)/b6-5+,15-11+/t25-,28?/m1/s1. The highest BCUT2D eigenvalue weighted by Gasteiger charge is 2.32. The van der Waals surface area contributed by atoms with Crippen LogP contribution in [-0.4, -0.2) is 79.7 Å². The van der Waals surface area contributed by atoms with Crippen LogP contribution in [0.15, 0.2) is 54.7 Å². The number of hydrogen-bond donors (Lipinski definition) is 2. The molecule has 2 aliphatic heterocycles. The first-order valence-corrected chi connectivity index (χ1v) is 13.3. The second-order valence-electron chi connectivity index (χ2n) is 9.91. The van der Waals surface area contributed by atoms with Gasteiger partial charge in [-0.25, -0.2) is 20.1 Å². The van der Waals surface area contributed by atoms with E-state index in [4.69, 9.17) is 9.57 Å². The Kier molecular flexibility index (Phi) is 10.1. The van der Waals surface area contributed by atoms with E-state index in [9.17, 15) is 14.7 Å². The Morgan fingerprint density at radius 1 is 1.13 bits per heavy atom. The number of rotatable bonds is 10. The van der Waals surface area contributed by atoms with Crippen molar-refractivity contribution in [1.29, 1.82) is 0 Å². The number of aromatic nitrogens is 1. The van der Waals surface area contributed by atoms with Crippen LogP contribution in [-0.2, 0) is 14.4 Å². The van der Waals surface area contributed by atoms with E-state index < -0.39 is 18.3 Å². The number of amides is 2. The SMILES string of the molecule is CN(C)c1ccc(/C=C/CN2CC[C@@H](N(C(=O)O)c3ccc(/C=C/C(=O)NOC4CCCCO4)cn3)C2)cc1. The summed E-state index contributed by atoms with van der Waals surface area (Å²) < 4.78 is 5.41. The third-order valence-electron chi connectivity index (χ3n) is 6.78. The molecule has 3 heterocycles. The number of carbonyl (C=O) groups excluding carboxylic acids is 1. The van der Waals surface area contributed by atoms with Gasteiger partial charge in [0.05, 0.1) is 6.04 Å². The topological polar surface area (TPSA) is 107 Å². The number of likely N-dealkylation sites (tertiary alicyclic amines) is 1. The van der Waals surface area contributed by atoms with Gasteiger partial charge in [-0.1, -0.05) is 24.3 Å². The Balaban J connectivity index is 1.27. The predicted molar refractivity (Wildman–Crippen MR) is 151 cm³/mol. The fourth-order valence-corrected chi connectivity index (χ4v) is 4.62. The third kappa shape index (κ3) is 8.38. The molecule has 0 bridgehead atoms. The van der Waals surface area contributed by atoms with Gasteiger partial charge in [-0.15, -0.1) is 0 Å². The first-order valence-electron chi connectivity index (χ1n) is 13.3. The molecule has 10 nitrogen and oxygen atoms in total. The van der Waals surface area contributed by atoms with Gasteiger partial charge in [-0.05, 0) is 60.7 Å². The average molecular weight is 536 g/mol. The Morgan fingerprint density at radius 2 is 1.92 bits per heavy atom. The van der Waals surface area contributed by atoms with Crippen LogP contribution in [0.5, 0.6) is 0 Å². The lowest BCUT2D eigenvalue weighted by Crippen LogP contribution is -2.42. The molecule has 2 N–H and O–H groups in total. The van der Waals surface area contributed by atoms with E-state index in [1.54, 1.807) is 24.4 Å². The summed E-state index contributed by atoms with van der Waals surface area (Å²) >= 11 is 0. The zero-order valence-electron chi connectivity index (χ0n) is 22.5. The molecule has 2 fully saturated rings. The normalized spacial score (nSPS) is 19.9. The fraction of sp³-hybridized carbons (Fsp3) is 0.414. The van der Waals surface area contributed by atoms with Crippen molar-refractivity contribution >= 4 is 35.7 Å². The van der Waals surface area contributed by atoms with E-state index >= 15 is 0 Å². The first-order chi connectivity index (χ1) is 18.9. The number of carboxylic acid groups (broad SMARTS) is 1. The number of nitrogens with one attached hydrogen (secondary N) is 1. The minimum Gasteiger partial charge on any atom is -0.465 e.